The highest BCUT2D eigenvalue weighted by Gasteiger charge is 2.33. The molecule has 1 fully saturated rings. The fourth-order valence-electron chi connectivity index (χ4n) is 4.73. The molecule has 2 aromatic rings. The molecule has 0 radical (unpaired) electrons. The van der Waals surface area contributed by atoms with Crippen molar-refractivity contribution in [3.8, 4) is 5.75 Å². The number of ether oxygens (including phenoxy) is 1. The zero-order valence-corrected chi connectivity index (χ0v) is 23.4. The third-order valence-corrected chi connectivity index (χ3v) is 7.22. The van der Waals surface area contributed by atoms with Crippen LogP contribution < -0.4 is 15.8 Å². The number of amides is 3. The van der Waals surface area contributed by atoms with E-state index >= 15 is 0 Å². The normalized spacial score (nSPS) is 17.0. The number of hydrogen-bond acceptors (Lipinski definition) is 6. The second kappa shape index (κ2) is 14.6. The van der Waals surface area contributed by atoms with E-state index in [1.165, 1.54) is 0 Å². The fourth-order valence-corrected chi connectivity index (χ4v) is 4.73. The lowest BCUT2D eigenvalue weighted by Gasteiger charge is -2.32. The lowest BCUT2D eigenvalue weighted by molar-refractivity contribution is -0.135. The molecular formula is C30H41N5O4. The monoisotopic (exact) mass is 535 g/mol. The highest BCUT2D eigenvalue weighted by molar-refractivity contribution is 6.39. The molecule has 1 saturated heterocycles. The molecule has 3 amide bonds. The molecule has 0 unspecified atom stereocenters. The van der Waals surface area contributed by atoms with Crippen molar-refractivity contribution < 1.29 is 19.1 Å². The van der Waals surface area contributed by atoms with Crippen LogP contribution in [0.3, 0.4) is 0 Å². The van der Waals surface area contributed by atoms with Crippen LogP contribution in [0.4, 0.5) is 0 Å². The third-order valence-electron chi connectivity index (χ3n) is 7.22. The second-order valence-electron chi connectivity index (χ2n) is 10.0. The van der Waals surface area contributed by atoms with E-state index in [1.807, 2.05) is 54.6 Å². The van der Waals surface area contributed by atoms with Gasteiger partial charge in [-0.2, -0.15) is 0 Å². The van der Waals surface area contributed by atoms with Crippen molar-refractivity contribution in [1.29, 1.82) is 0 Å². The maximum absolute atomic E-state index is 13.6. The van der Waals surface area contributed by atoms with Gasteiger partial charge in [0.1, 0.15) is 11.5 Å². The van der Waals surface area contributed by atoms with E-state index < -0.39 is 12.1 Å². The molecule has 39 heavy (non-hydrogen) atoms. The van der Waals surface area contributed by atoms with Crippen LogP contribution in [0, 0.1) is 0 Å². The van der Waals surface area contributed by atoms with Crippen molar-refractivity contribution in [1.82, 2.24) is 15.1 Å². The number of benzene rings is 2. The molecule has 2 aromatic carbocycles. The number of hydrogen-bond donors (Lipinski definition) is 2. The quantitative estimate of drug-likeness (QED) is 0.403. The number of likely N-dealkylation sites (tertiary alicyclic amines) is 1. The van der Waals surface area contributed by atoms with Gasteiger partial charge in [-0.3, -0.25) is 14.4 Å². The van der Waals surface area contributed by atoms with Gasteiger partial charge < -0.3 is 25.6 Å². The minimum Gasteiger partial charge on any atom is -0.497 e. The van der Waals surface area contributed by atoms with Gasteiger partial charge in [-0.15, -0.1) is 0 Å². The molecule has 3 atom stereocenters. The zero-order chi connectivity index (χ0) is 28.4. The van der Waals surface area contributed by atoms with Gasteiger partial charge in [0, 0.05) is 25.7 Å². The highest BCUT2D eigenvalue weighted by Crippen LogP contribution is 2.20. The van der Waals surface area contributed by atoms with E-state index in [-0.39, 0.29) is 29.5 Å². The Morgan fingerprint density at radius 2 is 1.82 bits per heavy atom. The SMILES string of the molecule is CN[C@@H](C)C(=O)/N=C(\C)C(=O)N1CCC[C@H]1CN(CCc1ccccc1)C(=O)[C@H](N)Cc1ccc(OC)cc1. The van der Waals surface area contributed by atoms with Gasteiger partial charge in [0.25, 0.3) is 11.8 Å². The van der Waals surface area contributed by atoms with Crippen LogP contribution in [0.2, 0.25) is 0 Å². The molecule has 3 rings (SSSR count). The summed E-state index contributed by atoms with van der Waals surface area (Å²) in [5.41, 5.74) is 8.67. The first-order valence-corrected chi connectivity index (χ1v) is 13.5. The summed E-state index contributed by atoms with van der Waals surface area (Å²) in [6.07, 6.45) is 2.67. The molecule has 3 N–H and O–H groups in total. The van der Waals surface area contributed by atoms with Crippen LogP contribution >= 0.6 is 0 Å². The first-order valence-electron chi connectivity index (χ1n) is 13.5. The topological polar surface area (TPSA) is 117 Å². The van der Waals surface area contributed by atoms with E-state index in [1.54, 1.807) is 37.8 Å². The largest absolute Gasteiger partial charge is 0.497 e. The van der Waals surface area contributed by atoms with Crippen molar-refractivity contribution >= 4 is 23.4 Å². The van der Waals surface area contributed by atoms with Gasteiger partial charge >= 0.3 is 0 Å². The minimum absolute atomic E-state index is 0.149. The Morgan fingerprint density at radius 1 is 1.13 bits per heavy atom. The molecule has 1 aliphatic heterocycles. The maximum Gasteiger partial charge on any atom is 0.268 e. The number of nitrogens with zero attached hydrogens (tertiary/aromatic N) is 3. The van der Waals surface area contributed by atoms with Gasteiger partial charge in [0.05, 0.1) is 19.2 Å². The maximum atomic E-state index is 13.6. The van der Waals surface area contributed by atoms with Crippen molar-refractivity contribution in [2.75, 3.05) is 33.8 Å². The molecule has 1 heterocycles. The number of methoxy groups -OCH3 is 1. The Kier molecular flexibility index (Phi) is 11.2. The Labute approximate surface area is 231 Å². The van der Waals surface area contributed by atoms with E-state index in [0.717, 1.165) is 29.7 Å². The first kappa shape index (κ1) is 30.0. The average molecular weight is 536 g/mol. The van der Waals surface area contributed by atoms with Crippen molar-refractivity contribution in [2.45, 2.75) is 57.7 Å². The van der Waals surface area contributed by atoms with Crippen LogP contribution in [-0.2, 0) is 27.2 Å². The van der Waals surface area contributed by atoms with E-state index in [2.05, 4.69) is 10.3 Å². The number of nitrogens with one attached hydrogen (secondary N) is 1. The minimum atomic E-state index is -0.719. The van der Waals surface area contributed by atoms with Gasteiger partial charge in [0.15, 0.2) is 0 Å². The van der Waals surface area contributed by atoms with Gasteiger partial charge in [-0.1, -0.05) is 42.5 Å². The number of likely N-dealkylation sites (N-methyl/N-ethyl adjacent to an activating group) is 1. The molecule has 0 aliphatic carbocycles. The van der Waals surface area contributed by atoms with Gasteiger partial charge in [-0.25, -0.2) is 4.99 Å². The highest BCUT2D eigenvalue weighted by atomic mass is 16.5. The van der Waals surface area contributed by atoms with Crippen LogP contribution in [0.1, 0.15) is 37.8 Å². The van der Waals surface area contributed by atoms with E-state index in [4.69, 9.17) is 10.5 Å². The number of carbonyl (C=O) groups is 3. The van der Waals surface area contributed by atoms with Gasteiger partial charge in [-0.05, 0) is 69.8 Å². The number of aliphatic imine (C=N–C) groups is 1. The molecule has 9 heteroatoms. The predicted molar refractivity (Wildman–Crippen MR) is 153 cm³/mol. The summed E-state index contributed by atoms with van der Waals surface area (Å²) < 4.78 is 5.22. The summed E-state index contributed by atoms with van der Waals surface area (Å²) in [4.78, 5) is 46.7. The number of nitrogens with two attached hydrogens (primary N) is 1. The lowest BCUT2D eigenvalue weighted by Crippen LogP contribution is -2.51. The standard InChI is InChI=1S/C30H41N5O4/c1-21(32-3)28(36)33-22(2)29(37)35-17-8-11-25(35)20-34(18-16-23-9-6-5-7-10-23)30(38)27(31)19-24-12-14-26(39-4)15-13-24/h5-7,9-10,12-15,21,25,27,32H,8,11,16-20,31H2,1-4H3/b33-22+/t21-,25-,27+/m0/s1. The second-order valence-corrected chi connectivity index (χ2v) is 10.0. The van der Waals surface area contributed by atoms with Crippen LogP contribution in [0.5, 0.6) is 5.75 Å². The summed E-state index contributed by atoms with van der Waals surface area (Å²) in [5, 5.41) is 2.84. The first-order chi connectivity index (χ1) is 18.7. The average Bonchev–Trinajstić information content (AvgIpc) is 3.42. The Morgan fingerprint density at radius 3 is 2.46 bits per heavy atom. The van der Waals surface area contributed by atoms with Crippen LogP contribution in [0.25, 0.3) is 0 Å². The van der Waals surface area contributed by atoms with E-state index in [9.17, 15) is 14.4 Å². The smallest absolute Gasteiger partial charge is 0.268 e. The van der Waals surface area contributed by atoms with Crippen LogP contribution in [-0.4, -0.2) is 85.2 Å². The summed E-state index contributed by atoms with van der Waals surface area (Å²) in [6.45, 7) is 4.70. The van der Waals surface area contributed by atoms with Crippen molar-refractivity contribution in [3.63, 3.8) is 0 Å². The lowest BCUT2D eigenvalue weighted by atomic mass is 10.0. The molecule has 0 saturated carbocycles. The summed E-state index contributed by atoms with van der Waals surface area (Å²) in [6, 6.07) is 16.2. The Hall–Kier alpha value is -3.56. The molecule has 9 nitrogen and oxygen atoms in total. The summed E-state index contributed by atoms with van der Waals surface area (Å²) >= 11 is 0. The molecule has 1 aliphatic rings. The molecular weight excluding hydrogens is 494 g/mol. The predicted octanol–water partition coefficient (Wildman–Crippen LogP) is 2.22. The van der Waals surface area contributed by atoms with Crippen molar-refractivity contribution in [2.24, 2.45) is 10.7 Å². The molecule has 0 bridgehead atoms. The zero-order valence-electron chi connectivity index (χ0n) is 23.4. The summed E-state index contributed by atoms with van der Waals surface area (Å²) in [5.74, 6) is -0.0602. The van der Waals surface area contributed by atoms with E-state index in [0.29, 0.717) is 32.5 Å². The summed E-state index contributed by atoms with van der Waals surface area (Å²) in [7, 11) is 3.28. The van der Waals surface area contributed by atoms with Gasteiger partial charge in [0.2, 0.25) is 5.91 Å². The number of carbonyl (C=O) groups excluding carboxylic acids is 3. The molecule has 0 spiro atoms. The third kappa shape index (κ3) is 8.46. The number of rotatable bonds is 12. The Bertz CT molecular complexity index is 1140. The molecule has 210 valence electrons. The Balaban J connectivity index is 1.74. The van der Waals surface area contributed by atoms with Crippen molar-refractivity contribution in [3.05, 3.63) is 65.7 Å². The van der Waals surface area contributed by atoms with Crippen LogP contribution in [0.15, 0.2) is 59.6 Å². The molecule has 0 aromatic heterocycles. The fraction of sp³-hybridized carbons (Fsp3) is 0.467.